The zero-order valence-electron chi connectivity index (χ0n) is 9.81. The van der Waals surface area contributed by atoms with Gasteiger partial charge in [-0.15, -0.1) is 0 Å². The first-order valence-electron chi connectivity index (χ1n) is 5.63. The third kappa shape index (κ3) is 3.23. The van der Waals surface area contributed by atoms with Gasteiger partial charge in [-0.2, -0.15) is 5.26 Å². The standard InChI is InChI=1S/C13H17FN2/c1-3-4-5-6-16-13-8-11(9-15)7-12(14)10(13)2/h7-8,16H,3-6H2,1-2H3. The maximum absolute atomic E-state index is 13.4. The molecule has 3 heteroatoms. The summed E-state index contributed by atoms with van der Waals surface area (Å²) in [7, 11) is 0. The van der Waals surface area contributed by atoms with E-state index in [4.69, 9.17) is 5.26 Å². The lowest BCUT2D eigenvalue weighted by Gasteiger charge is -2.10. The van der Waals surface area contributed by atoms with Crippen LogP contribution in [0.4, 0.5) is 10.1 Å². The minimum absolute atomic E-state index is 0.322. The van der Waals surface area contributed by atoms with Gasteiger partial charge in [0.1, 0.15) is 5.82 Å². The largest absolute Gasteiger partial charge is 0.385 e. The number of nitriles is 1. The van der Waals surface area contributed by atoms with E-state index in [2.05, 4.69) is 12.2 Å². The van der Waals surface area contributed by atoms with Crippen LogP contribution in [-0.2, 0) is 0 Å². The van der Waals surface area contributed by atoms with Crippen LogP contribution in [0, 0.1) is 24.1 Å². The van der Waals surface area contributed by atoms with Crippen molar-refractivity contribution in [2.24, 2.45) is 0 Å². The van der Waals surface area contributed by atoms with E-state index in [0.29, 0.717) is 11.1 Å². The normalized spacial score (nSPS) is 9.88. The van der Waals surface area contributed by atoms with E-state index in [1.165, 1.54) is 6.07 Å². The van der Waals surface area contributed by atoms with Gasteiger partial charge in [0.25, 0.3) is 0 Å². The monoisotopic (exact) mass is 220 g/mol. The Kier molecular flexibility index (Phi) is 4.78. The van der Waals surface area contributed by atoms with Gasteiger partial charge in [-0.3, -0.25) is 0 Å². The van der Waals surface area contributed by atoms with Gasteiger partial charge < -0.3 is 5.32 Å². The summed E-state index contributed by atoms with van der Waals surface area (Å²) in [5, 5.41) is 11.9. The van der Waals surface area contributed by atoms with E-state index < -0.39 is 0 Å². The van der Waals surface area contributed by atoms with Crippen molar-refractivity contribution in [3.05, 3.63) is 29.1 Å². The zero-order chi connectivity index (χ0) is 12.0. The molecule has 0 aliphatic rings. The van der Waals surface area contributed by atoms with Gasteiger partial charge in [0.05, 0.1) is 11.6 Å². The van der Waals surface area contributed by atoms with Crippen LogP contribution in [0.2, 0.25) is 0 Å². The summed E-state index contributed by atoms with van der Waals surface area (Å²) < 4.78 is 13.4. The summed E-state index contributed by atoms with van der Waals surface area (Å²) in [5.41, 5.74) is 1.67. The average Bonchev–Trinajstić information content (AvgIpc) is 2.29. The van der Waals surface area contributed by atoms with E-state index in [1.54, 1.807) is 13.0 Å². The molecular weight excluding hydrogens is 203 g/mol. The molecule has 1 N–H and O–H groups in total. The Hall–Kier alpha value is -1.56. The molecule has 0 aliphatic carbocycles. The molecule has 1 aromatic rings. The van der Waals surface area contributed by atoms with Gasteiger partial charge in [-0.05, 0) is 25.5 Å². The fraction of sp³-hybridized carbons (Fsp3) is 0.462. The van der Waals surface area contributed by atoms with Gasteiger partial charge >= 0.3 is 0 Å². The third-order valence-electron chi connectivity index (χ3n) is 2.57. The van der Waals surface area contributed by atoms with Crippen molar-refractivity contribution in [3.8, 4) is 6.07 Å². The Bertz CT molecular complexity index is 394. The predicted molar refractivity (Wildman–Crippen MR) is 63.9 cm³/mol. The highest BCUT2D eigenvalue weighted by Gasteiger charge is 2.06. The molecule has 0 bridgehead atoms. The molecule has 16 heavy (non-hydrogen) atoms. The summed E-state index contributed by atoms with van der Waals surface area (Å²) in [4.78, 5) is 0. The number of hydrogen-bond donors (Lipinski definition) is 1. The lowest BCUT2D eigenvalue weighted by Crippen LogP contribution is -2.04. The van der Waals surface area contributed by atoms with E-state index in [1.807, 2.05) is 6.07 Å². The van der Waals surface area contributed by atoms with Crippen LogP contribution in [0.15, 0.2) is 12.1 Å². The van der Waals surface area contributed by atoms with Crippen molar-refractivity contribution in [2.45, 2.75) is 33.1 Å². The molecule has 0 spiro atoms. The van der Waals surface area contributed by atoms with Crippen LogP contribution >= 0.6 is 0 Å². The number of hydrogen-bond acceptors (Lipinski definition) is 2. The highest BCUT2D eigenvalue weighted by molar-refractivity contribution is 5.55. The molecular formula is C13H17FN2. The summed E-state index contributed by atoms with van der Waals surface area (Å²) in [6.07, 6.45) is 3.38. The average molecular weight is 220 g/mol. The van der Waals surface area contributed by atoms with Gasteiger partial charge in [-0.1, -0.05) is 19.8 Å². The molecule has 0 aliphatic heterocycles. The number of benzene rings is 1. The van der Waals surface area contributed by atoms with Crippen LogP contribution in [0.25, 0.3) is 0 Å². The minimum Gasteiger partial charge on any atom is -0.385 e. The van der Waals surface area contributed by atoms with Crippen molar-refractivity contribution >= 4 is 5.69 Å². The quantitative estimate of drug-likeness (QED) is 0.769. The molecule has 0 amide bonds. The molecule has 0 fully saturated rings. The van der Waals surface area contributed by atoms with Crippen LogP contribution in [0.1, 0.15) is 37.3 Å². The Labute approximate surface area is 96.1 Å². The number of nitrogens with zero attached hydrogens (tertiary/aromatic N) is 1. The topological polar surface area (TPSA) is 35.8 Å². The maximum Gasteiger partial charge on any atom is 0.129 e. The second-order valence-electron chi connectivity index (χ2n) is 3.88. The molecule has 0 radical (unpaired) electrons. The summed E-state index contributed by atoms with van der Waals surface area (Å²) in [6, 6.07) is 4.93. The molecule has 0 saturated carbocycles. The lowest BCUT2D eigenvalue weighted by molar-refractivity contribution is 0.618. The molecule has 0 atom stereocenters. The molecule has 0 heterocycles. The number of halogens is 1. The van der Waals surface area contributed by atoms with Gasteiger partial charge in [0.15, 0.2) is 0 Å². The van der Waals surface area contributed by atoms with Crippen LogP contribution < -0.4 is 5.32 Å². The summed E-state index contributed by atoms with van der Waals surface area (Å²) in [5.74, 6) is -0.322. The second-order valence-corrected chi connectivity index (χ2v) is 3.88. The van der Waals surface area contributed by atoms with Gasteiger partial charge in [-0.25, -0.2) is 4.39 Å². The first kappa shape index (κ1) is 12.5. The van der Waals surface area contributed by atoms with Gasteiger partial charge in [0, 0.05) is 17.8 Å². The van der Waals surface area contributed by atoms with Crippen LogP contribution in [0.3, 0.4) is 0 Å². The molecule has 0 aromatic heterocycles. The molecule has 1 aromatic carbocycles. The molecule has 0 unspecified atom stereocenters. The van der Waals surface area contributed by atoms with Crippen molar-refractivity contribution in [1.82, 2.24) is 0 Å². The molecule has 1 rings (SSSR count). The summed E-state index contributed by atoms with van der Waals surface area (Å²) in [6.45, 7) is 4.68. The third-order valence-corrected chi connectivity index (χ3v) is 2.57. The van der Waals surface area contributed by atoms with Crippen molar-refractivity contribution in [3.63, 3.8) is 0 Å². The SMILES string of the molecule is CCCCCNc1cc(C#N)cc(F)c1C. The minimum atomic E-state index is -0.322. The number of nitrogens with one attached hydrogen (secondary N) is 1. The lowest BCUT2D eigenvalue weighted by atomic mass is 10.1. The smallest absolute Gasteiger partial charge is 0.129 e. The Morgan fingerprint density at radius 2 is 2.12 bits per heavy atom. The van der Waals surface area contributed by atoms with E-state index in [0.717, 1.165) is 31.5 Å². The molecule has 2 nitrogen and oxygen atoms in total. The fourth-order valence-corrected chi connectivity index (χ4v) is 1.53. The highest BCUT2D eigenvalue weighted by atomic mass is 19.1. The maximum atomic E-state index is 13.4. The van der Waals surface area contributed by atoms with Gasteiger partial charge in [0.2, 0.25) is 0 Å². The molecule has 86 valence electrons. The first-order chi connectivity index (χ1) is 7.69. The van der Waals surface area contributed by atoms with E-state index in [9.17, 15) is 4.39 Å². The van der Waals surface area contributed by atoms with E-state index in [-0.39, 0.29) is 5.82 Å². The summed E-state index contributed by atoms with van der Waals surface area (Å²) >= 11 is 0. The molecule has 0 saturated heterocycles. The Morgan fingerprint density at radius 3 is 2.75 bits per heavy atom. The van der Waals surface area contributed by atoms with Crippen molar-refractivity contribution < 1.29 is 4.39 Å². The highest BCUT2D eigenvalue weighted by Crippen LogP contribution is 2.20. The number of anilines is 1. The first-order valence-corrected chi connectivity index (χ1v) is 5.63. The van der Waals surface area contributed by atoms with Crippen molar-refractivity contribution in [1.29, 1.82) is 5.26 Å². The predicted octanol–water partition coefficient (Wildman–Crippen LogP) is 3.61. The number of rotatable bonds is 5. The number of unbranched alkanes of at least 4 members (excludes halogenated alkanes) is 2. The van der Waals surface area contributed by atoms with E-state index >= 15 is 0 Å². The second kappa shape index (κ2) is 6.12. The zero-order valence-corrected chi connectivity index (χ0v) is 9.81. The van der Waals surface area contributed by atoms with Crippen LogP contribution in [-0.4, -0.2) is 6.54 Å². The van der Waals surface area contributed by atoms with Crippen LogP contribution in [0.5, 0.6) is 0 Å². The fourth-order valence-electron chi connectivity index (χ4n) is 1.53. The van der Waals surface area contributed by atoms with Crippen molar-refractivity contribution in [2.75, 3.05) is 11.9 Å². The Balaban J connectivity index is 2.71. The Morgan fingerprint density at radius 1 is 1.38 bits per heavy atom.